The SMILES string of the molecule is Cc1sc2[nH]c(=S)n(Cc3ccccn3)c(=O)c2c1C. The Hall–Kier alpha value is -1.79. The molecule has 0 spiro atoms. The summed E-state index contributed by atoms with van der Waals surface area (Å²) in [5, 5.41) is 0.733. The molecule has 3 rings (SSSR count). The lowest BCUT2D eigenvalue weighted by Gasteiger charge is -2.06. The van der Waals surface area contributed by atoms with Crippen LogP contribution in [0.3, 0.4) is 0 Å². The maximum atomic E-state index is 12.6. The van der Waals surface area contributed by atoms with Gasteiger partial charge >= 0.3 is 0 Å². The quantitative estimate of drug-likeness (QED) is 0.740. The van der Waals surface area contributed by atoms with Gasteiger partial charge in [-0.2, -0.15) is 0 Å². The molecule has 0 aliphatic carbocycles. The van der Waals surface area contributed by atoms with E-state index in [-0.39, 0.29) is 5.56 Å². The monoisotopic (exact) mass is 303 g/mol. The van der Waals surface area contributed by atoms with Crippen molar-refractivity contribution in [2.75, 3.05) is 0 Å². The van der Waals surface area contributed by atoms with Crippen LogP contribution in [0.5, 0.6) is 0 Å². The molecule has 6 heteroatoms. The van der Waals surface area contributed by atoms with Gasteiger partial charge in [-0.05, 0) is 43.8 Å². The van der Waals surface area contributed by atoms with Crippen LogP contribution in [0.4, 0.5) is 0 Å². The number of aromatic amines is 1. The molecule has 4 nitrogen and oxygen atoms in total. The predicted octanol–water partition coefficient (Wildman–Crippen LogP) is 3.18. The number of H-pyrrole nitrogens is 1. The third-order valence-corrected chi connectivity index (χ3v) is 4.80. The molecule has 20 heavy (non-hydrogen) atoms. The van der Waals surface area contributed by atoms with Crippen LogP contribution < -0.4 is 5.56 Å². The summed E-state index contributed by atoms with van der Waals surface area (Å²) < 4.78 is 2.01. The lowest BCUT2D eigenvalue weighted by Crippen LogP contribution is -2.23. The van der Waals surface area contributed by atoms with Gasteiger partial charge in [0.15, 0.2) is 4.77 Å². The molecule has 3 heterocycles. The zero-order valence-corrected chi connectivity index (χ0v) is 12.8. The van der Waals surface area contributed by atoms with Crippen LogP contribution in [-0.2, 0) is 6.54 Å². The summed E-state index contributed by atoms with van der Waals surface area (Å²) in [6, 6.07) is 5.64. The molecule has 0 aliphatic rings. The number of nitrogens with zero attached hydrogens (tertiary/aromatic N) is 2. The maximum absolute atomic E-state index is 12.6. The first-order valence-electron chi connectivity index (χ1n) is 6.20. The highest BCUT2D eigenvalue weighted by Crippen LogP contribution is 2.25. The van der Waals surface area contributed by atoms with E-state index in [0.717, 1.165) is 26.4 Å². The first-order valence-corrected chi connectivity index (χ1v) is 7.43. The Morgan fingerprint density at radius 2 is 2.20 bits per heavy atom. The fourth-order valence-electron chi connectivity index (χ4n) is 2.16. The Kier molecular flexibility index (Phi) is 3.27. The van der Waals surface area contributed by atoms with E-state index < -0.39 is 0 Å². The topological polar surface area (TPSA) is 50.7 Å². The Morgan fingerprint density at radius 1 is 1.40 bits per heavy atom. The molecule has 0 unspecified atom stereocenters. The van der Waals surface area contributed by atoms with Crippen molar-refractivity contribution in [3.63, 3.8) is 0 Å². The van der Waals surface area contributed by atoms with E-state index in [1.54, 1.807) is 22.1 Å². The van der Waals surface area contributed by atoms with Crippen molar-refractivity contribution in [3.05, 3.63) is 55.7 Å². The van der Waals surface area contributed by atoms with E-state index in [0.29, 0.717) is 11.3 Å². The lowest BCUT2D eigenvalue weighted by molar-refractivity contribution is 0.717. The molecule has 0 bridgehead atoms. The van der Waals surface area contributed by atoms with Crippen LogP contribution in [0.25, 0.3) is 10.2 Å². The highest BCUT2D eigenvalue weighted by Gasteiger charge is 2.13. The first-order chi connectivity index (χ1) is 9.58. The smallest absolute Gasteiger partial charge is 0.263 e. The van der Waals surface area contributed by atoms with Crippen molar-refractivity contribution >= 4 is 33.8 Å². The highest BCUT2D eigenvalue weighted by molar-refractivity contribution is 7.71. The maximum Gasteiger partial charge on any atom is 0.263 e. The van der Waals surface area contributed by atoms with E-state index in [4.69, 9.17) is 12.2 Å². The number of pyridine rings is 1. The van der Waals surface area contributed by atoms with Crippen LogP contribution in [0.15, 0.2) is 29.2 Å². The second kappa shape index (κ2) is 4.96. The van der Waals surface area contributed by atoms with Gasteiger partial charge in [0.05, 0.1) is 17.6 Å². The van der Waals surface area contributed by atoms with Gasteiger partial charge in [0.1, 0.15) is 4.83 Å². The summed E-state index contributed by atoms with van der Waals surface area (Å²) >= 11 is 6.88. The van der Waals surface area contributed by atoms with E-state index >= 15 is 0 Å². The van der Waals surface area contributed by atoms with Crippen molar-refractivity contribution in [2.24, 2.45) is 0 Å². The van der Waals surface area contributed by atoms with Gasteiger partial charge in [-0.15, -0.1) is 11.3 Å². The molecule has 0 saturated carbocycles. The minimum Gasteiger partial charge on any atom is -0.323 e. The predicted molar refractivity (Wildman–Crippen MR) is 84.1 cm³/mol. The van der Waals surface area contributed by atoms with Crippen molar-refractivity contribution in [2.45, 2.75) is 20.4 Å². The average molecular weight is 303 g/mol. The Bertz CT molecular complexity index is 890. The summed E-state index contributed by atoms with van der Waals surface area (Å²) in [5.74, 6) is 0. The molecule has 1 N–H and O–H groups in total. The highest BCUT2D eigenvalue weighted by atomic mass is 32.1. The Labute approximate surface area is 124 Å². The molecule has 0 aromatic carbocycles. The van der Waals surface area contributed by atoms with Crippen LogP contribution in [-0.4, -0.2) is 14.5 Å². The van der Waals surface area contributed by atoms with E-state index in [9.17, 15) is 4.79 Å². The third kappa shape index (κ3) is 2.10. The summed E-state index contributed by atoms with van der Waals surface area (Å²) in [6.07, 6.45) is 1.71. The number of aromatic nitrogens is 3. The molecule has 0 amide bonds. The van der Waals surface area contributed by atoms with Gasteiger partial charge < -0.3 is 4.98 Å². The third-order valence-electron chi connectivity index (χ3n) is 3.36. The molecule has 0 saturated heterocycles. The number of fused-ring (bicyclic) bond motifs is 1. The van der Waals surface area contributed by atoms with Crippen molar-refractivity contribution in [3.8, 4) is 0 Å². The molecule has 0 fully saturated rings. The second-order valence-corrected chi connectivity index (χ2v) is 6.24. The summed E-state index contributed by atoms with van der Waals surface area (Å²) in [4.78, 5) is 22.0. The van der Waals surface area contributed by atoms with Gasteiger partial charge in [0.25, 0.3) is 5.56 Å². The molecule has 0 radical (unpaired) electrons. The minimum atomic E-state index is -0.0451. The zero-order valence-electron chi connectivity index (χ0n) is 11.1. The standard InChI is InChI=1S/C14H13N3OS2/c1-8-9(2)20-12-11(8)13(18)17(14(19)16-12)7-10-5-3-4-6-15-10/h3-6H,7H2,1-2H3,(H,16,19). The van der Waals surface area contributed by atoms with Crippen molar-refractivity contribution in [1.82, 2.24) is 14.5 Å². The Morgan fingerprint density at radius 3 is 2.90 bits per heavy atom. The van der Waals surface area contributed by atoms with Gasteiger partial charge in [0.2, 0.25) is 0 Å². The van der Waals surface area contributed by atoms with Gasteiger partial charge in [-0.1, -0.05) is 6.07 Å². The Balaban J connectivity index is 2.24. The van der Waals surface area contributed by atoms with E-state index in [2.05, 4.69) is 9.97 Å². The van der Waals surface area contributed by atoms with Crippen LogP contribution in [0.1, 0.15) is 16.1 Å². The molecule has 0 atom stereocenters. The van der Waals surface area contributed by atoms with Gasteiger partial charge in [-0.25, -0.2) is 0 Å². The van der Waals surface area contributed by atoms with Crippen LogP contribution >= 0.6 is 23.6 Å². The van der Waals surface area contributed by atoms with Crippen LogP contribution in [0.2, 0.25) is 0 Å². The zero-order chi connectivity index (χ0) is 14.3. The number of thiophene rings is 1. The van der Waals surface area contributed by atoms with Crippen molar-refractivity contribution < 1.29 is 0 Å². The molecule has 102 valence electrons. The molecular formula is C14H13N3OS2. The molecule has 3 aromatic rings. The van der Waals surface area contributed by atoms with E-state index in [1.807, 2.05) is 32.0 Å². The van der Waals surface area contributed by atoms with E-state index in [1.165, 1.54) is 0 Å². The molecular weight excluding hydrogens is 290 g/mol. The van der Waals surface area contributed by atoms with Crippen LogP contribution in [0, 0.1) is 18.6 Å². The number of nitrogens with one attached hydrogen (secondary N) is 1. The summed E-state index contributed by atoms with van der Waals surface area (Å²) in [6.45, 7) is 4.37. The molecule has 0 aliphatic heterocycles. The normalized spacial score (nSPS) is 11.1. The fraction of sp³-hybridized carbons (Fsp3) is 0.214. The van der Waals surface area contributed by atoms with Gasteiger partial charge in [-0.3, -0.25) is 14.3 Å². The number of rotatable bonds is 2. The number of hydrogen-bond acceptors (Lipinski definition) is 4. The largest absolute Gasteiger partial charge is 0.323 e. The number of hydrogen-bond donors (Lipinski definition) is 1. The minimum absolute atomic E-state index is 0.0451. The first kappa shape index (κ1) is 13.2. The fourth-order valence-corrected chi connectivity index (χ4v) is 3.53. The number of aryl methyl sites for hydroxylation is 2. The second-order valence-electron chi connectivity index (χ2n) is 4.63. The van der Waals surface area contributed by atoms with Crippen molar-refractivity contribution in [1.29, 1.82) is 0 Å². The summed E-state index contributed by atoms with van der Waals surface area (Å²) in [5.41, 5.74) is 1.80. The summed E-state index contributed by atoms with van der Waals surface area (Å²) in [7, 11) is 0. The molecule has 3 aromatic heterocycles. The van der Waals surface area contributed by atoms with Gasteiger partial charge in [0, 0.05) is 11.1 Å². The lowest BCUT2D eigenvalue weighted by atomic mass is 10.2. The average Bonchev–Trinajstić information content (AvgIpc) is 2.71.